The van der Waals surface area contributed by atoms with Crippen LogP contribution in [0.5, 0.6) is 0 Å². The number of hydrogen-bond acceptors (Lipinski definition) is 3. The molecule has 0 saturated heterocycles. The molecule has 0 unspecified atom stereocenters. The molecule has 0 radical (unpaired) electrons. The van der Waals surface area contributed by atoms with Gasteiger partial charge < -0.3 is 20.0 Å². The highest BCUT2D eigenvalue weighted by Gasteiger charge is 2.02. The van der Waals surface area contributed by atoms with Crippen molar-refractivity contribution in [1.29, 1.82) is 0 Å². The van der Waals surface area contributed by atoms with Gasteiger partial charge in [0.2, 0.25) is 0 Å². The average Bonchev–Trinajstić information content (AvgIpc) is 2.99. The summed E-state index contributed by atoms with van der Waals surface area (Å²) in [6.45, 7) is 10.2. The van der Waals surface area contributed by atoms with E-state index in [1.54, 1.807) is 6.26 Å². The van der Waals surface area contributed by atoms with Crippen LogP contribution >= 0.6 is 0 Å². The van der Waals surface area contributed by atoms with Gasteiger partial charge in [0.15, 0.2) is 5.96 Å². The Hall–Kier alpha value is -1.49. The third-order valence-corrected chi connectivity index (χ3v) is 3.66. The molecule has 0 aliphatic rings. The maximum atomic E-state index is 5.33. The quantitative estimate of drug-likeness (QED) is 0.396. The van der Waals surface area contributed by atoms with Gasteiger partial charge in [-0.15, -0.1) is 0 Å². The van der Waals surface area contributed by atoms with E-state index in [9.17, 15) is 0 Å². The molecule has 5 nitrogen and oxygen atoms in total. The van der Waals surface area contributed by atoms with Crippen LogP contribution in [-0.2, 0) is 6.42 Å². The van der Waals surface area contributed by atoms with Crippen molar-refractivity contribution in [3.63, 3.8) is 0 Å². The summed E-state index contributed by atoms with van der Waals surface area (Å²) in [6, 6.07) is 4.53. The highest BCUT2D eigenvalue weighted by atomic mass is 16.3. The van der Waals surface area contributed by atoms with E-state index >= 15 is 0 Å². The molecule has 0 amide bonds. The van der Waals surface area contributed by atoms with Crippen LogP contribution in [0.3, 0.4) is 0 Å². The standard InChI is InChI=1S/C17H32N4O/c1-5-18-17(20-12-10-16-9-8-14-22-16)19-11-6-7-13-21(4)15(2)3/h8-9,14-15H,5-7,10-13H2,1-4H3,(H2,18,19,20). The summed E-state index contributed by atoms with van der Waals surface area (Å²) in [5.74, 6) is 1.89. The normalized spacial score (nSPS) is 12.2. The molecule has 126 valence electrons. The SMILES string of the molecule is CCNC(=NCCCCN(C)C(C)C)NCCc1ccco1. The van der Waals surface area contributed by atoms with Gasteiger partial charge in [-0.05, 0) is 59.3 Å². The van der Waals surface area contributed by atoms with Crippen molar-refractivity contribution in [3.8, 4) is 0 Å². The second kappa shape index (κ2) is 11.1. The van der Waals surface area contributed by atoms with Gasteiger partial charge >= 0.3 is 0 Å². The minimum Gasteiger partial charge on any atom is -0.469 e. The molecule has 1 heterocycles. The molecule has 1 aromatic rings. The Kier molecular flexibility index (Phi) is 9.39. The fourth-order valence-corrected chi connectivity index (χ4v) is 2.02. The zero-order valence-corrected chi connectivity index (χ0v) is 14.6. The first kappa shape index (κ1) is 18.6. The summed E-state index contributed by atoms with van der Waals surface area (Å²) in [5.41, 5.74) is 0. The van der Waals surface area contributed by atoms with Gasteiger partial charge in [-0.3, -0.25) is 4.99 Å². The van der Waals surface area contributed by atoms with Crippen molar-refractivity contribution in [2.24, 2.45) is 4.99 Å². The zero-order valence-electron chi connectivity index (χ0n) is 14.6. The van der Waals surface area contributed by atoms with E-state index in [-0.39, 0.29) is 0 Å². The van der Waals surface area contributed by atoms with E-state index in [4.69, 9.17) is 4.42 Å². The molecule has 0 aromatic carbocycles. The maximum Gasteiger partial charge on any atom is 0.191 e. The number of nitrogens with one attached hydrogen (secondary N) is 2. The number of rotatable bonds is 10. The number of guanidine groups is 1. The Balaban J connectivity index is 2.20. The summed E-state index contributed by atoms with van der Waals surface area (Å²) in [7, 11) is 2.17. The van der Waals surface area contributed by atoms with E-state index in [0.717, 1.165) is 50.7 Å². The van der Waals surface area contributed by atoms with Gasteiger partial charge in [0.25, 0.3) is 0 Å². The molecule has 0 aliphatic carbocycles. The summed E-state index contributed by atoms with van der Waals surface area (Å²) < 4.78 is 5.33. The minimum atomic E-state index is 0.615. The summed E-state index contributed by atoms with van der Waals surface area (Å²) in [4.78, 5) is 6.99. The lowest BCUT2D eigenvalue weighted by Crippen LogP contribution is -2.38. The lowest BCUT2D eigenvalue weighted by molar-refractivity contribution is 0.269. The first-order valence-electron chi connectivity index (χ1n) is 8.38. The van der Waals surface area contributed by atoms with E-state index in [2.05, 4.69) is 48.3 Å². The predicted octanol–water partition coefficient (Wildman–Crippen LogP) is 2.50. The van der Waals surface area contributed by atoms with Crippen LogP contribution < -0.4 is 10.6 Å². The van der Waals surface area contributed by atoms with Crippen LogP contribution in [0.2, 0.25) is 0 Å². The first-order chi connectivity index (χ1) is 10.6. The van der Waals surface area contributed by atoms with Crippen LogP contribution in [0, 0.1) is 0 Å². The van der Waals surface area contributed by atoms with Crippen molar-refractivity contribution in [1.82, 2.24) is 15.5 Å². The Morgan fingerprint density at radius 3 is 2.77 bits per heavy atom. The summed E-state index contributed by atoms with van der Waals surface area (Å²) >= 11 is 0. The number of hydrogen-bond donors (Lipinski definition) is 2. The van der Waals surface area contributed by atoms with Crippen LogP contribution in [0.1, 0.15) is 39.4 Å². The van der Waals surface area contributed by atoms with Crippen LogP contribution in [-0.4, -0.2) is 50.1 Å². The largest absolute Gasteiger partial charge is 0.469 e. The van der Waals surface area contributed by atoms with E-state index in [0.29, 0.717) is 6.04 Å². The second-order valence-corrected chi connectivity index (χ2v) is 5.80. The Bertz CT molecular complexity index is 401. The number of nitrogens with zero attached hydrogens (tertiary/aromatic N) is 2. The smallest absolute Gasteiger partial charge is 0.191 e. The average molecular weight is 308 g/mol. The highest BCUT2D eigenvalue weighted by molar-refractivity contribution is 5.79. The molecule has 0 bridgehead atoms. The molecule has 22 heavy (non-hydrogen) atoms. The van der Waals surface area contributed by atoms with E-state index in [1.165, 1.54) is 6.42 Å². The summed E-state index contributed by atoms with van der Waals surface area (Å²) in [6.07, 6.45) is 4.88. The van der Waals surface area contributed by atoms with Gasteiger partial charge in [-0.2, -0.15) is 0 Å². The van der Waals surface area contributed by atoms with Gasteiger partial charge in [0.1, 0.15) is 5.76 Å². The first-order valence-corrected chi connectivity index (χ1v) is 8.38. The topological polar surface area (TPSA) is 52.8 Å². The van der Waals surface area contributed by atoms with Crippen LogP contribution in [0.15, 0.2) is 27.8 Å². The Labute approximate surface area is 135 Å². The molecule has 0 aliphatic heterocycles. The molecule has 0 spiro atoms. The molecule has 1 rings (SSSR count). The van der Waals surface area contributed by atoms with Crippen LogP contribution in [0.4, 0.5) is 0 Å². The lowest BCUT2D eigenvalue weighted by Gasteiger charge is -2.20. The fourth-order valence-electron chi connectivity index (χ4n) is 2.02. The lowest BCUT2D eigenvalue weighted by atomic mass is 10.2. The highest BCUT2D eigenvalue weighted by Crippen LogP contribution is 2.00. The predicted molar refractivity (Wildman–Crippen MR) is 93.4 cm³/mol. The van der Waals surface area contributed by atoms with Gasteiger partial charge in [0.05, 0.1) is 6.26 Å². The third-order valence-electron chi connectivity index (χ3n) is 3.66. The maximum absolute atomic E-state index is 5.33. The van der Waals surface area contributed by atoms with Crippen molar-refractivity contribution in [3.05, 3.63) is 24.2 Å². The molecule has 1 aromatic heterocycles. The molecule has 2 N–H and O–H groups in total. The van der Waals surface area contributed by atoms with Crippen molar-refractivity contribution >= 4 is 5.96 Å². The summed E-state index contributed by atoms with van der Waals surface area (Å²) in [5, 5.41) is 6.62. The molecular weight excluding hydrogens is 276 g/mol. The second-order valence-electron chi connectivity index (χ2n) is 5.80. The third kappa shape index (κ3) is 8.08. The molecule has 0 saturated carbocycles. The Morgan fingerprint density at radius 1 is 1.32 bits per heavy atom. The van der Waals surface area contributed by atoms with Crippen molar-refractivity contribution in [2.45, 2.75) is 46.1 Å². The zero-order chi connectivity index (χ0) is 16.2. The van der Waals surface area contributed by atoms with Gasteiger partial charge in [-0.1, -0.05) is 0 Å². The van der Waals surface area contributed by atoms with E-state index < -0.39 is 0 Å². The van der Waals surface area contributed by atoms with Gasteiger partial charge in [-0.25, -0.2) is 0 Å². The van der Waals surface area contributed by atoms with E-state index in [1.807, 2.05) is 12.1 Å². The molecule has 5 heteroatoms. The van der Waals surface area contributed by atoms with Crippen molar-refractivity contribution < 1.29 is 4.42 Å². The molecule has 0 atom stereocenters. The molecular formula is C17H32N4O. The van der Waals surface area contributed by atoms with Crippen molar-refractivity contribution in [2.75, 3.05) is 33.2 Å². The minimum absolute atomic E-state index is 0.615. The van der Waals surface area contributed by atoms with Gasteiger partial charge in [0, 0.05) is 32.1 Å². The number of unbranched alkanes of at least 4 members (excludes halogenated alkanes) is 1. The molecule has 0 fully saturated rings. The Morgan fingerprint density at radius 2 is 2.14 bits per heavy atom. The van der Waals surface area contributed by atoms with Crippen LogP contribution in [0.25, 0.3) is 0 Å². The number of aliphatic imine (C=N–C) groups is 1. The fraction of sp³-hybridized carbons (Fsp3) is 0.706. The number of furan rings is 1. The monoisotopic (exact) mass is 308 g/mol.